The Morgan fingerprint density at radius 1 is 1.15 bits per heavy atom. The molecule has 1 N–H and O–H groups in total. The van der Waals surface area contributed by atoms with Gasteiger partial charge in [0.1, 0.15) is 11.3 Å². The van der Waals surface area contributed by atoms with Gasteiger partial charge in [0, 0.05) is 33.9 Å². The molecule has 1 aliphatic carbocycles. The first-order valence-electron chi connectivity index (χ1n) is 12.9. The van der Waals surface area contributed by atoms with Crippen molar-refractivity contribution >= 4 is 62.3 Å². The molecule has 2 heterocycles. The number of rotatable bonds is 7. The number of hydrogen-bond donors (Lipinski definition) is 1. The molecule has 200 valence electrons. The molecule has 0 radical (unpaired) electrons. The average Bonchev–Trinajstić information content (AvgIpc) is 3.56. The second-order valence-corrected chi connectivity index (χ2v) is 12.6. The smallest absolute Gasteiger partial charge is 0.455 e. The maximum Gasteiger partial charge on any atom is 0.493 e. The van der Waals surface area contributed by atoms with Gasteiger partial charge in [0.2, 0.25) is 10.0 Å². The Hall–Kier alpha value is -3.11. The lowest BCUT2D eigenvalue weighted by molar-refractivity contribution is 0.0989. The molecule has 3 aromatic carbocycles. The molecular formula is C29H27BClNO6S. The SMILES string of the molecule is CCC(=O)c1c(-c2ccc(C)cc2)oc2cc(N(c3cc(Cl)c4c(c3)COB4O)S(C)(=O)=O)c(C3CC3)cc12. The Kier molecular flexibility index (Phi) is 6.38. The van der Waals surface area contributed by atoms with Crippen molar-refractivity contribution in [1.29, 1.82) is 0 Å². The van der Waals surface area contributed by atoms with E-state index in [1.54, 1.807) is 12.1 Å². The normalized spacial score (nSPS) is 15.2. The lowest BCUT2D eigenvalue weighted by Crippen LogP contribution is -2.30. The lowest BCUT2D eigenvalue weighted by atomic mass is 9.79. The summed E-state index contributed by atoms with van der Waals surface area (Å²) in [6, 6.07) is 14.6. The second kappa shape index (κ2) is 9.52. The highest BCUT2D eigenvalue weighted by Crippen LogP contribution is 2.49. The van der Waals surface area contributed by atoms with Gasteiger partial charge in [0.05, 0.1) is 29.8 Å². The van der Waals surface area contributed by atoms with Gasteiger partial charge in [0.15, 0.2) is 5.78 Å². The van der Waals surface area contributed by atoms with Crippen LogP contribution in [0.4, 0.5) is 11.4 Å². The molecule has 0 amide bonds. The fourth-order valence-corrected chi connectivity index (χ4v) is 6.67. The van der Waals surface area contributed by atoms with Crippen LogP contribution in [0.3, 0.4) is 0 Å². The zero-order chi connectivity index (χ0) is 27.6. The van der Waals surface area contributed by atoms with Crippen LogP contribution in [-0.4, -0.2) is 32.6 Å². The van der Waals surface area contributed by atoms with E-state index < -0.39 is 17.1 Å². The third-order valence-electron chi connectivity index (χ3n) is 7.40. The summed E-state index contributed by atoms with van der Waals surface area (Å²) in [6.07, 6.45) is 3.29. The molecule has 0 spiro atoms. The van der Waals surface area contributed by atoms with Crippen molar-refractivity contribution in [3.63, 3.8) is 0 Å². The first-order chi connectivity index (χ1) is 18.6. The Labute approximate surface area is 232 Å². The Morgan fingerprint density at radius 2 is 1.87 bits per heavy atom. The quantitative estimate of drug-likeness (QED) is 0.224. The molecule has 1 aliphatic heterocycles. The summed E-state index contributed by atoms with van der Waals surface area (Å²) < 4.78 is 39.6. The van der Waals surface area contributed by atoms with Crippen LogP contribution in [0.25, 0.3) is 22.3 Å². The molecule has 4 aromatic rings. The average molecular weight is 564 g/mol. The van der Waals surface area contributed by atoms with E-state index in [1.165, 1.54) is 10.4 Å². The Bertz CT molecular complexity index is 1740. The number of carbonyl (C=O) groups is 1. The second-order valence-electron chi connectivity index (χ2n) is 10.3. The number of carbonyl (C=O) groups excluding carboxylic acids is 1. The number of hydrogen-bond acceptors (Lipinski definition) is 6. The standard InChI is InChI=1S/C29H27BClNO6S/c1-4-25(33)27-22-13-21(17-9-10-17)24(14-26(22)38-29(27)18-7-5-16(2)6-8-18)32(39(3,35)36)20-11-19-15-37-30(34)28(19)23(31)12-20/h5-8,11-14,17,34H,4,9-10,15H2,1-3H3. The molecule has 0 unspecified atom stereocenters. The van der Waals surface area contributed by atoms with Gasteiger partial charge in [-0.15, -0.1) is 0 Å². The summed E-state index contributed by atoms with van der Waals surface area (Å²) in [5.41, 5.74) is 5.54. The van der Waals surface area contributed by atoms with Gasteiger partial charge in [0.25, 0.3) is 0 Å². The van der Waals surface area contributed by atoms with Gasteiger partial charge in [-0.1, -0.05) is 48.4 Å². The Balaban J connectivity index is 1.61. The number of halogens is 1. The van der Waals surface area contributed by atoms with Crippen LogP contribution >= 0.6 is 11.6 Å². The fourth-order valence-electron chi connectivity index (χ4n) is 5.34. The first-order valence-corrected chi connectivity index (χ1v) is 15.1. The molecule has 10 heteroatoms. The summed E-state index contributed by atoms with van der Waals surface area (Å²) in [6.45, 7) is 3.93. The minimum absolute atomic E-state index is 0.0391. The van der Waals surface area contributed by atoms with Crippen molar-refractivity contribution in [3.8, 4) is 11.3 Å². The highest BCUT2D eigenvalue weighted by Gasteiger charge is 2.36. The van der Waals surface area contributed by atoms with Crippen LogP contribution in [0.2, 0.25) is 5.02 Å². The van der Waals surface area contributed by atoms with Crippen molar-refractivity contribution in [2.75, 3.05) is 10.6 Å². The molecule has 6 rings (SSSR count). The van der Waals surface area contributed by atoms with Crippen LogP contribution in [0.15, 0.2) is 52.9 Å². The number of anilines is 2. The van der Waals surface area contributed by atoms with Crippen LogP contribution in [0, 0.1) is 6.92 Å². The Morgan fingerprint density at radius 3 is 2.51 bits per heavy atom. The number of aryl methyl sites for hydroxylation is 1. The molecule has 7 nitrogen and oxygen atoms in total. The predicted molar refractivity (Wildman–Crippen MR) is 154 cm³/mol. The predicted octanol–water partition coefficient (Wildman–Crippen LogP) is 5.85. The molecule has 1 saturated carbocycles. The largest absolute Gasteiger partial charge is 0.493 e. The highest BCUT2D eigenvalue weighted by atomic mass is 35.5. The molecule has 0 bridgehead atoms. The van der Waals surface area contributed by atoms with Gasteiger partial charge in [-0.3, -0.25) is 4.79 Å². The zero-order valence-electron chi connectivity index (χ0n) is 21.8. The van der Waals surface area contributed by atoms with E-state index in [4.69, 9.17) is 20.7 Å². The van der Waals surface area contributed by atoms with E-state index in [0.29, 0.717) is 51.1 Å². The van der Waals surface area contributed by atoms with E-state index in [2.05, 4.69) is 0 Å². The minimum atomic E-state index is -3.83. The number of ketones is 1. The summed E-state index contributed by atoms with van der Waals surface area (Å²) in [5, 5.41) is 11.0. The summed E-state index contributed by atoms with van der Waals surface area (Å²) >= 11 is 6.50. The molecule has 39 heavy (non-hydrogen) atoms. The van der Waals surface area contributed by atoms with Gasteiger partial charge in [-0.05, 0) is 55.0 Å². The zero-order valence-corrected chi connectivity index (χ0v) is 23.4. The number of nitrogens with zero attached hydrogens (tertiary/aromatic N) is 1. The van der Waals surface area contributed by atoms with Crippen molar-refractivity contribution in [1.82, 2.24) is 0 Å². The third kappa shape index (κ3) is 4.57. The van der Waals surface area contributed by atoms with Crippen LogP contribution in [0.1, 0.15) is 59.2 Å². The summed E-state index contributed by atoms with van der Waals surface area (Å²) in [7, 11) is -4.98. The van der Waals surface area contributed by atoms with E-state index >= 15 is 0 Å². The molecule has 2 aliphatic rings. The maximum atomic E-state index is 13.3. The molecule has 0 saturated heterocycles. The lowest BCUT2D eigenvalue weighted by Gasteiger charge is -2.26. The van der Waals surface area contributed by atoms with Crippen LogP contribution < -0.4 is 9.77 Å². The van der Waals surface area contributed by atoms with Crippen LogP contribution in [0.5, 0.6) is 0 Å². The van der Waals surface area contributed by atoms with Gasteiger partial charge < -0.3 is 14.1 Å². The topological polar surface area (TPSA) is 97.1 Å². The van der Waals surface area contributed by atoms with Crippen molar-refractivity contribution in [3.05, 3.63) is 75.8 Å². The van der Waals surface area contributed by atoms with Crippen molar-refractivity contribution < 1.29 is 27.3 Å². The fraction of sp³-hybridized carbons (Fsp3) is 0.276. The number of fused-ring (bicyclic) bond motifs is 2. The van der Waals surface area contributed by atoms with Gasteiger partial charge in [-0.25, -0.2) is 12.7 Å². The van der Waals surface area contributed by atoms with Crippen LogP contribution in [-0.2, 0) is 21.3 Å². The van der Waals surface area contributed by atoms with Crippen molar-refractivity contribution in [2.45, 2.75) is 45.6 Å². The van der Waals surface area contributed by atoms with Crippen molar-refractivity contribution in [2.24, 2.45) is 0 Å². The number of Topliss-reactive ketones (excluding diaryl/α,β-unsaturated/α-hetero) is 1. The van der Waals surface area contributed by atoms with E-state index in [9.17, 15) is 18.2 Å². The molecular weight excluding hydrogens is 537 g/mol. The van der Waals surface area contributed by atoms with Gasteiger partial charge in [-0.2, -0.15) is 0 Å². The molecule has 1 aromatic heterocycles. The number of sulfonamides is 1. The highest BCUT2D eigenvalue weighted by molar-refractivity contribution is 7.92. The van der Waals surface area contributed by atoms with E-state index in [-0.39, 0.29) is 23.3 Å². The third-order valence-corrected chi connectivity index (χ3v) is 8.78. The monoisotopic (exact) mass is 563 g/mol. The minimum Gasteiger partial charge on any atom is -0.455 e. The summed E-state index contributed by atoms with van der Waals surface area (Å²) in [4.78, 5) is 13.2. The number of benzene rings is 3. The summed E-state index contributed by atoms with van der Waals surface area (Å²) in [5.74, 6) is 0.599. The molecule has 0 atom stereocenters. The van der Waals surface area contributed by atoms with E-state index in [1.807, 2.05) is 44.2 Å². The van der Waals surface area contributed by atoms with Gasteiger partial charge >= 0.3 is 7.12 Å². The maximum absolute atomic E-state index is 13.3. The van der Waals surface area contributed by atoms with E-state index in [0.717, 1.165) is 35.8 Å². The first kappa shape index (κ1) is 26.1. The number of furan rings is 1. The molecule has 1 fully saturated rings.